The molecule has 3 rings (SSSR count). The number of hydrogen-bond acceptors (Lipinski definition) is 7. The molecule has 114 valence electrons. The molecule has 0 fully saturated rings. The lowest BCUT2D eigenvalue weighted by molar-refractivity contribution is -0.121. The topological polar surface area (TPSA) is 104 Å². The van der Waals surface area contributed by atoms with Gasteiger partial charge in [-0.3, -0.25) is 4.79 Å². The molecule has 0 aliphatic heterocycles. The summed E-state index contributed by atoms with van der Waals surface area (Å²) in [5.74, 6) is 1.73. The summed E-state index contributed by atoms with van der Waals surface area (Å²) < 4.78 is 20.4. The summed E-state index contributed by atoms with van der Waals surface area (Å²) in [6, 6.07) is 6.82. The minimum Gasteiger partial charge on any atom is -0.461 e. The molecule has 0 atom stereocenters. The first-order valence-corrected chi connectivity index (χ1v) is 6.51. The fourth-order valence-corrected chi connectivity index (χ4v) is 1.77. The van der Waals surface area contributed by atoms with Gasteiger partial charge in [0.15, 0.2) is 11.6 Å². The first-order chi connectivity index (χ1) is 10.7. The number of anilines is 1. The molecule has 0 saturated heterocycles. The van der Waals surface area contributed by atoms with Crippen molar-refractivity contribution >= 4 is 11.7 Å². The van der Waals surface area contributed by atoms with E-state index < -0.39 is 0 Å². The van der Waals surface area contributed by atoms with Crippen molar-refractivity contribution in [3.8, 4) is 11.5 Å². The third-order valence-electron chi connectivity index (χ3n) is 2.70. The lowest BCUT2D eigenvalue weighted by atomic mass is 10.3. The van der Waals surface area contributed by atoms with Gasteiger partial charge in [-0.15, -0.1) is 0 Å². The van der Waals surface area contributed by atoms with Gasteiger partial charge in [0.25, 0.3) is 5.91 Å². The largest absolute Gasteiger partial charge is 0.461 e. The zero-order valence-corrected chi connectivity index (χ0v) is 11.7. The van der Waals surface area contributed by atoms with Crippen LogP contribution in [0.2, 0.25) is 0 Å². The Hall–Kier alpha value is -2.87. The van der Waals surface area contributed by atoms with Gasteiger partial charge in [-0.2, -0.15) is 0 Å². The maximum Gasteiger partial charge on any atom is 0.251 e. The van der Waals surface area contributed by atoms with E-state index in [0.717, 1.165) is 0 Å². The molecule has 3 aromatic heterocycles. The van der Waals surface area contributed by atoms with Crippen LogP contribution in [0.1, 0.15) is 11.5 Å². The van der Waals surface area contributed by atoms with Crippen molar-refractivity contribution in [2.24, 2.45) is 0 Å². The lowest BCUT2D eigenvalue weighted by Gasteiger charge is -2.01. The summed E-state index contributed by atoms with van der Waals surface area (Å²) in [6.45, 7) is 1.75. The van der Waals surface area contributed by atoms with Crippen LogP contribution in [0.15, 0.2) is 44.0 Å². The Morgan fingerprint density at radius 1 is 1.27 bits per heavy atom. The van der Waals surface area contributed by atoms with E-state index >= 15 is 0 Å². The predicted molar refractivity (Wildman–Crippen MR) is 73.7 cm³/mol. The number of nitrogens with zero attached hydrogens (tertiary/aromatic N) is 2. The van der Waals surface area contributed by atoms with Crippen molar-refractivity contribution in [3.63, 3.8) is 0 Å². The van der Waals surface area contributed by atoms with Crippen molar-refractivity contribution in [3.05, 3.63) is 42.0 Å². The fourth-order valence-electron chi connectivity index (χ4n) is 1.77. The zero-order chi connectivity index (χ0) is 15.4. The molecule has 0 aliphatic rings. The number of hydrogen-bond donors (Lipinski definition) is 1. The van der Waals surface area contributed by atoms with E-state index in [-0.39, 0.29) is 19.1 Å². The van der Waals surface area contributed by atoms with Crippen LogP contribution in [0.4, 0.5) is 5.82 Å². The number of aryl methyl sites for hydroxylation is 1. The highest BCUT2D eigenvalue weighted by atomic mass is 16.5. The first-order valence-electron chi connectivity index (χ1n) is 6.51. The summed E-state index contributed by atoms with van der Waals surface area (Å²) in [5.41, 5.74) is 0.566. The van der Waals surface area contributed by atoms with Crippen molar-refractivity contribution in [2.45, 2.75) is 13.5 Å². The summed E-state index contributed by atoms with van der Waals surface area (Å²) in [4.78, 5) is 11.6. The van der Waals surface area contributed by atoms with Gasteiger partial charge in [0, 0.05) is 12.1 Å². The van der Waals surface area contributed by atoms with Gasteiger partial charge in [0.2, 0.25) is 5.76 Å². The number of aromatic nitrogens is 2. The van der Waals surface area contributed by atoms with Gasteiger partial charge in [0.05, 0.1) is 12.9 Å². The molecule has 0 unspecified atom stereocenters. The van der Waals surface area contributed by atoms with E-state index in [9.17, 15) is 4.79 Å². The molecule has 3 aromatic rings. The molecule has 1 N–H and O–H groups in total. The summed E-state index contributed by atoms with van der Waals surface area (Å²) in [5, 5.41) is 10.0. The molecule has 0 bridgehead atoms. The second-order valence-electron chi connectivity index (χ2n) is 4.52. The maximum atomic E-state index is 11.6. The molecule has 0 aliphatic carbocycles. The van der Waals surface area contributed by atoms with Crippen LogP contribution in [-0.2, 0) is 16.1 Å². The second kappa shape index (κ2) is 6.27. The number of carbonyl (C=O) groups excluding carboxylic acids is 1. The van der Waals surface area contributed by atoms with Crippen LogP contribution in [0, 0.1) is 6.92 Å². The van der Waals surface area contributed by atoms with Crippen molar-refractivity contribution < 1.29 is 23.0 Å². The number of furan rings is 1. The molecule has 22 heavy (non-hydrogen) atoms. The highest BCUT2D eigenvalue weighted by Gasteiger charge is 2.10. The molecule has 0 aromatic carbocycles. The Labute approximate surface area is 125 Å². The Morgan fingerprint density at radius 3 is 2.91 bits per heavy atom. The lowest BCUT2D eigenvalue weighted by Crippen LogP contribution is -2.18. The van der Waals surface area contributed by atoms with Crippen molar-refractivity contribution in [1.29, 1.82) is 0 Å². The molecule has 0 saturated carbocycles. The van der Waals surface area contributed by atoms with Crippen LogP contribution in [-0.4, -0.2) is 22.8 Å². The molecule has 3 heterocycles. The smallest absolute Gasteiger partial charge is 0.251 e. The average molecular weight is 303 g/mol. The van der Waals surface area contributed by atoms with E-state index in [1.54, 1.807) is 37.5 Å². The Bertz CT molecular complexity index is 744. The molecule has 1 amide bonds. The standard InChI is InChI=1S/C14H13N3O5/c1-9-5-13(17-21-9)15-14(18)8-19-7-10-6-12(22-16-10)11-3-2-4-20-11/h2-6H,7-8H2,1H3,(H,15,17,18). The van der Waals surface area contributed by atoms with E-state index in [1.807, 2.05) is 0 Å². The van der Waals surface area contributed by atoms with E-state index in [4.69, 9.17) is 18.2 Å². The summed E-state index contributed by atoms with van der Waals surface area (Å²) in [6.07, 6.45) is 1.55. The third-order valence-corrected chi connectivity index (χ3v) is 2.70. The van der Waals surface area contributed by atoms with Gasteiger partial charge >= 0.3 is 0 Å². The summed E-state index contributed by atoms with van der Waals surface area (Å²) in [7, 11) is 0. The molecular formula is C14H13N3O5. The first kappa shape index (κ1) is 14.1. The number of ether oxygens (including phenoxy) is 1. The Balaban J connectivity index is 1.46. The highest BCUT2D eigenvalue weighted by molar-refractivity contribution is 5.90. The minimum atomic E-state index is -0.331. The SMILES string of the molecule is Cc1cc(NC(=O)COCc2cc(-c3ccco3)on2)no1. The molecule has 0 radical (unpaired) electrons. The van der Waals surface area contributed by atoms with Crippen LogP contribution in [0.5, 0.6) is 0 Å². The molecule has 8 nitrogen and oxygen atoms in total. The van der Waals surface area contributed by atoms with E-state index in [1.165, 1.54) is 0 Å². The van der Waals surface area contributed by atoms with Crippen LogP contribution >= 0.6 is 0 Å². The van der Waals surface area contributed by atoms with Gasteiger partial charge in [-0.25, -0.2) is 0 Å². The maximum absolute atomic E-state index is 11.6. The quantitative estimate of drug-likeness (QED) is 0.745. The Morgan fingerprint density at radius 2 is 2.18 bits per heavy atom. The number of nitrogens with one attached hydrogen (secondary N) is 1. The van der Waals surface area contributed by atoms with Crippen molar-refractivity contribution in [2.75, 3.05) is 11.9 Å². The van der Waals surface area contributed by atoms with Crippen LogP contribution in [0.25, 0.3) is 11.5 Å². The third kappa shape index (κ3) is 3.41. The normalized spacial score (nSPS) is 10.8. The number of carbonyl (C=O) groups is 1. The second-order valence-corrected chi connectivity index (χ2v) is 4.52. The van der Waals surface area contributed by atoms with Crippen LogP contribution < -0.4 is 5.32 Å². The van der Waals surface area contributed by atoms with Gasteiger partial charge in [-0.1, -0.05) is 10.3 Å². The predicted octanol–water partition coefficient (Wildman–Crippen LogP) is 2.39. The van der Waals surface area contributed by atoms with Gasteiger partial charge in [0.1, 0.15) is 18.1 Å². The molecule has 8 heteroatoms. The zero-order valence-electron chi connectivity index (χ0n) is 11.7. The number of rotatable bonds is 6. The van der Waals surface area contributed by atoms with Gasteiger partial charge in [-0.05, 0) is 19.1 Å². The number of amides is 1. The van der Waals surface area contributed by atoms with Crippen molar-refractivity contribution in [1.82, 2.24) is 10.3 Å². The minimum absolute atomic E-state index is 0.130. The van der Waals surface area contributed by atoms with E-state index in [2.05, 4.69) is 15.6 Å². The molecular weight excluding hydrogens is 290 g/mol. The molecule has 0 spiro atoms. The van der Waals surface area contributed by atoms with Gasteiger partial charge < -0.3 is 23.5 Å². The highest BCUT2D eigenvalue weighted by Crippen LogP contribution is 2.20. The summed E-state index contributed by atoms with van der Waals surface area (Å²) >= 11 is 0. The van der Waals surface area contributed by atoms with E-state index in [0.29, 0.717) is 28.8 Å². The Kier molecular flexibility index (Phi) is 4.01. The average Bonchev–Trinajstić information content (AvgIpc) is 3.20. The monoisotopic (exact) mass is 303 g/mol. The fraction of sp³-hybridized carbons (Fsp3) is 0.214. The van der Waals surface area contributed by atoms with Crippen LogP contribution in [0.3, 0.4) is 0 Å².